The smallest absolute Gasteiger partial charge is 0.248 e. The predicted octanol–water partition coefficient (Wildman–Crippen LogP) is 2.40. The Bertz CT molecular complexity index is 638. The molecule has 0 spiro atoms. The molecule has 3 heteroatoms. The van der Waals surface area contributed by atoms with E-state index in [1.54, 1.807) is 6.07 Å². The van der Waals surface area contributed by atoms with Crippen molar-refractivity contribution in [2.75, 3.05) is 0 Å². The van der Waals surface area contributed by atoms with Crippen LogP contribution in [0.25, 0.3) is 0 Å². The zero-order valence-corrected chi connectivity index (χ0v) is 11.5. The van der Waals surface area contributed by atoms with Crippen LogP contribution in [0.4, 0.5) is 0 Å². The topological polar surface area (TPSA) is 58.9 Å². The van der Waals surface area contributed by atoms with E-state index in [-0.39, 0.29) is 5.56 Å². The van der Waals surface area contributed by atoms with Crippen LogP contribution in [0.2, 0.25) is 0 Å². The van der Waals surface area contributed by atoms with E-state index in [1.807, 2.05) is 6.07 Å². The highest BCUT2D eigenvalue weighted by molar-refractivity contribution is 5.51. The number of nitrogens with one attached hydrogen (secondary N) is 1. The highest BCUT2D eigenvalue weighted by Crippen LogP contribution is 2.47. The van der Waals surface area contributed by atoms with E-state index in [9.17, 15) is 4.79 Å². The number of H-pyrrole nitrogens is 1. The van der Waals surface area contributed by atoms with E-state index in [4.69, 9.17) is 5.73 Å². The van der Waals surface area contributed by atoms with Gasteiger partial charge in [0.15, 0.2) is 0 Å². The molecule has 2 unspecified atom stereocenters. The van der Waals surface area contributed by atoms with Gasteiger partial charge in [0.05, 0.1) is 5.54 Å². The van der Waals surface area contributed by atoms with Crippen LogP contribution < -0.4 is 11.3 Å². The lowest BCUT2D eigenvalue weighted by Gasteiger charge is -2.44. The van der Waals surface area contributed by atoms with Gasteiger partial charge >= 0.3 is 0 Å². The Morgan fingerprint density at radius 1 is 1.53 bits per heavy atom. The maximum atomic E-state index is 11.5. The second-order valence-electron chi connectivity index (χ2n) is 5.63. The molecule has 1 aromatic rings. The third-order valence-corrected chi connectivity index (χ3v) is 4.49. The van der Waals surface area contributed by atoms with Gasteiger partial charge in [-0.3, -0.25) is 4.79 Å². The van der Waals surface area contributed by atoms with Crippen LogP contribution in [0, 0.1) is 0 Å². The molecule has 1 heterocycles. The maximum Gasteiger partial charge on any atom is 0.248 e. The van der Waals surface area contributed by atoms with Gasteiger partial charge in [0, 0.05) is 24.1 Å². The monoisotopic (exact) mass is 256 g/mol. The van der Waals surface area contributed by atoms with Crippen molar-refractivity contribution < 1.29 is 0 Å². The van der Waals surface area contributed by atoms with Gasteiger partial charge in [-0.15, -0.1) is 0 Å². The summed E-state index contributed by atoms with van der Waals surface area (Å²) in [5.74, 6) is 0.329. The molecule has 19 heavy (non-hydrogen) atoms. The van der Waals surface area contributed by atoms with Crippen molar-refractivity contribution in [1.29, 1.82) is 0 Å². The van der Waals surface area contributed by atoms with Gasteiger partial charge in [0.1, 0.15) is 0 Å². The normalized spacial score (nSPS) is 31.0. The van der Waals surface area contributed by atoms with Gasteiger partial charge in [-0.05, 0) is 30.9 Å². The average molecular weight is 256 g/mol. The summed E-state index contributed by atoms with van der Waals surface area (Å²) < 4.78 is 0. The molecule has 2 aliphatic rings. The summed E-state index contributed by atoms with van der Waals surface area (Å²) in [6, 6.07) is 3.60. The Labute approximate surface area is 113 Å². The molecule has 1 aromatic heterocycles. The van der Waals surface area contributed by atoms with E-state index in [0.717, 1.165) is 18.5 Å². The summed E-state index contributed by atoms with van der Waals surface area (Å²) >= 11 is 0. The summed E-state index contributed by atoms with van der Waals surface area (Å²) in [7, 11) is 0. The molecule has 0 amide bonds. The number of fused-ring (bicyclic) bond motifs is 4. The molecule has 2 aliphatic carbocycles. The van der Waals surface area contributed by atoms with E-state index >= 15 is 0 Å². The van der Waals surface area contributed by atoms with Gasteiger partial charge in [0.2, 0.25) is 5.56 Å². The highest BCUT2D eigenvalue weighted by atomic mass is 16.1. The van der Waals surface area contributed by atoms with Gasteiger partial charge in [0.25, 0.3) is 0 Å². The first-order valence-corrected chi connectivity index (χ1v) is 6.95. The second-order valence-corrected chi connectivity index (χ2v) is 5.63. The van der Waals surface area contributed by atoms with Crippen LogP contribution in [-0.2, 0) is 6.42 Å². The molecule has 2 bridgehead atoms. The van der Waals surface area contributed by atoms with Crippen molar-refractivity contribution in [2.45, 2.75) is 44.6 Å². The van der Waals surface area contributed by atoms with Crippen LogP contribution in [-0.4, -0.2) is 10.5 Å². The van der Waals surface area contributed by atoms with Crippen LogP contribution >= 0.6 is 0 Å². The molecule has 3 N–H and O–H groups in total. The largest absolute Gasteiger partial charge is 0.326 e. The van der Waals surface area contributed by atoms with Gasteiger partial charge in [-0.1, -0.05) is 30.7 Å². The zero-order valence-electron chi connectivity index (χ0n) is 11.5. The first kappa shape index (κ1) is 12.4. The fourth-order valence-electron chi connectivity index (χ4n) is 3.64. The fraction of sp³-hybridized carbons (Fsp3) is 0.438. The molecule has 0 saturated carbocycles. The molecule has 0 aromatic carbocycles. The first-order valence-electron chi connectivity index (χ1n) is 6.95. The Morgan fingerprint density at radius 3 is 3.00 bits per heavy atom. The molecule has 3 nitrogen and oxygen atoms in total. The molecular formula is C16H20N2O. The van der Waals surface area contributed by atoms with Gasteiger partial charge in [-0.2, -0.15) is 0 Å². The number of rotatable bonds is 1. The molecular weight excluding hydrogens is 236 g/mol. The molecule has 3 rings (SSSR count). The van der Waals surface area contributed by atoms with Crippen molar-refractivity contribution >= 4 is 0 Å². The quantitative estimate of drug-likeness (QED) is 0.758. The van der Waals surface area contributed by atoms with Crippen molar-refractivity contribution in [3.63, 3.8) is 0 Å². The summed E-state index contributed by atoms with van der Waals surface area (Å²) in [6.45, 7) is 4.24. The number of aromatic amines is 1. The summed E-state index contributed by atoms with van der Waals surface area (Å²) in [5, 5.41) is 0. The van der Waals surface area contributed by atoms with Crippen molar-refractivity contribution in [3.8, 4) is 0 Å². The Morgan fingerprint density at radius 2 is 2.32 bits per heavy atom. The molecule has 0 aliphatic heterocycles. The lowest BCUT2D eigenvalue weighted by molar-refractivity contribution is 0.477. The standard InChI is InChI=1S/C16H20N2O/c1-3-10-7-12-11-5-6-15(19)18-14(11)9-16(17,8-10)13(12)4-2/h4-6,8,12H,3,7,9,17H2,1-2H3,(H,18,19)/b13-4+. The number of allylic oxidation sites excluding steroid dienone is 2. The summed E-state index contributed by atoms with van der Waals surface area (Å²) in [5.41, 5.74) is 11.1. The third kappa shape index (κ3) is 1.80. The average Bonchev–Trinajstić information content (AvgIpc) is 2.36. The van der Waals surface area contributed by atoms with E-state index in [1.165, 1.54) is 16.7 Å². The summed E-state index contributed by atoms with van der Waals surface area (Å²) in [6.07, 6.45) is 7.13. The predicted molar refractivity (Wildman–Crippen MR) is 77.2 cm³/mol. The lowest BCUT2D eigenvalue weighted by atomic mass is 9.64. The van der Waals surface area contributed by atoms with E-state index < -0.39 is 5.54 Å². The first-order chi connectivity index (χ1) is 9.07. The summed E-state index contributed by atoms with van der Waals surface area (Å²) in [4.78, 5) is 14.5. The zero-order chi connectivity index (χ0) is 13.6. The number of aromatic nitrogens is 1. The van der Waals surface area contributed by atoms with E-state index in [0.29, 0.717) is 12.3 Å². The minimum absolute atomic E-state index is 0.0379. The molecule has 0 saturated heterocycles. The minimum atomic E-state index is -0.416. The highest BCUT2D eigenvalue weighted by Gasteiger charge is 2.42. The number of nitrogens with two attached hydrogens (primary N) is 1. The molecule has 2 atom stereocenters. The molecule has 0 fully saturated rings. The van der Waals surface area contributed by atoms with Crippen molar-refractivity contribution in [3.05, 3.63) is 57.0 Å². The molecule has 0 radical (unpaired) electrons. The number of pyridine rings is 1. The Hall–Kier alpha value is -1.61. The Kier molecular flexibility index (Phi) is 2.75. The van der Waals surface area contributed by atoms with Crippen LogP contribution in [0.5, 0.6) is 0 Å². The minimum Gasteiger partial charge on any atom is -0.326 e. The fourth-order valence-corrected chi connectivity index (χ4v) is 3.64. The number of hydrogen-bond acceptors (Lipinski definition) is 2. The van der Waals surface area contributed by atoms with Crippen LogP contribution in [0.1, 0.15) is 43.9 Å². The van der Waals surface area contributed by atoms with Crippen molar-refractivity contribution in [2.24, 2.45) is 5.73 Å². The maximum absolute atomic E-state index is 11.5. The number of hydrogen-bond donors (Lipinski definition) is 2. The molecule has 100 valence electrons. The van der Waals surface area contributed by atoms with Gasteiger partial charge < -0.3 is 10.7 Å². The Balaban J connectivity index is 2.22. The SMILES string of the molecule is C/C=C1\C2CC(CC)=CC1(N)Cc1[nH]c(=O)ccc12. The van der Waals surface area contributed by atoms with Crippen molar-refractivity contribution in [1.82, 2.24) is 4.98 Å². The second kappa shape index (κ2) is 4.20. The van der Waals surface area contributed by atoms with E-state index in [2.05, 4.69) is 31.0 Å². The van der Waals surface area contributed by atoms with Gasteiger partial charge in [-0.25, -0.2) is 0 Å². The van der Waals surface area contributed by atoms with Crippen LogP contribution in [0.3, 0.4) is 0 Å². The third-order valence-electron chi connectivity index (χ3n) is 4.49. The lowest BCUT2D eigenvalue weighted by Crippen LogP contribution is -2.50. The van der Waals surface area contributed by atoms with Crippen LogP contribution in [0.15, 0.2) is 40.2 Å².